The Labute approximate surface area is 199 Å². The van der Waals surface area contributed by atoms with Gasteiger partial charge in [-0.25, -0.2) is 4.79 Å². The summed E-state index contributed by atoms with van der Waals surface area (Å²) >= 11 is 8.14. The van der Waals surface area contributed by atoms with Gasteiger partial charge in [0.1, 0.15) is 0 Å². The lowest BCUT2D eigenvalue weighted by Gasteiger charge is -2.38. The fraction of sp³-hybridized carbons (Fsp3) is 0.400. The number of halogens is 1. The molecule has 1 spiro atoms. The molecule has 0 atom stereocenters. The van der Waals surface area contributed by atoms with E-state index in [1.54, 1.807) is 16.7 Å². The number of piperidine rings is 1. The smallest absolute Gasteiger partial charge is 0.415 e. The van der Waals surface area contributed by atoms with Gasteiger partial charge in [0.2, 0.25) is 0 Å². The summed E-state index contributed by atoms with van der Waals surface area (Å²) in [6, 6.07) is 14.7. The van der Waals surface area contributed by atoms with Crippen LogP contribution in [-0.2, 0) is 4.74 Å². The van der Waals surface area contributed by atoms with E-state index in [0.717, 1.165) is 56.2 Å². The maximum atomic E-state index is 12.2. The van der Waals surface area contributed by atoms with Crippen molar-refractivity contribution in [3.05, 3.63) is 59.8 Å². The molecule has 7 heteroatoms. The van der Waals surface area contributed by atoms with Crippen LogP contribution in [0.5, 0.6) is 0 Å². The van der Waals surface area contributed by atoms with Crippen molar-refractivity contribution in [1.82, 2.24) is 9.80 Å². The number of hydrogen-bond donors (Lipinski definition) is 0. The second-order valence-electron chi connectivity index (χ2n) is 8.58. The number of likely N-dealkylation sites (tertiary alicyclic amines) is 1. The number of para-hydroxylation sites is 1. The molecule has 0 aliphatic carbocycles. The summed E-state index contributed by atoms with van der Waals surface area (Å²) < 4.78 is 5.78. The first-order valence-electron chi connectivity index (χ1n) is 11.3. The third-order valence-corrected chi connectivity index (χ3v) is 8.14. The molecule has 5 nitrogen and oxygen atoms in total. The van der Waals surface area contributed by atoms with Gasteiger partial charge >= 0.3 is 6.09 Å². The van der Waals surface area contributed by atoms with Crippen LogP contribution < -0.4 is 4.90 Å². The van der Waals surface area contributed by atoms with Crippen molar-refractivity contribution in [3.63, 3.8) is 0 Å². The maximum absolute atomic E-state index is 12.2. The Morgan fingerprint density at radius 3 is 2.56 bits per heavy atom. The van der Waals surface area contributed by atoms with Crippen molar-refractivity contribution in [2.45, 2.75) is 41.6 Å². The number of amides is 1. The van der Waals surface area contributed by atoms with E-state index in [9.17, 15) is 4.79 Å². The summed E-state index contributed by atoms with van der Waals surface area (Å²) in [5.74, 6) is 0. The van der Waals surface area contributed by atoms with Crippen molar-refractivity contribution in [2.24, 2.45) is 0 Å². The lowest BCUT2D eigenvalue weighted by Crippen LogP contribution is -2.46. The van der Waals surface area contributed by atoms with Crippen LogP contribution in [0, 0.1) is 0 Å². The highest BCUT2D eigenvalue weighted by Gasteiger charge is 2.49. The summed E-state index contributed by atoms with van der Waals surface area (Å²) in [7, 11) is 0. The van der Waals surface area contributed by atoms with Crippen LogP contribution in [0.2, 0.25) is 5.02 Å². The quantitative estimate of drug-likeness (QED) is 0.524. The number of hydrogen-bond acceptors (Lipinski definition) is 5. The summed E-state index contributed by atoms with van der Waals surface area (Å²) in [6.07, 6.45) is 2.43. The molecule has 3 heterocycles. The van der Waals surface area contributed by atoms with E-state index in [0.29, 0.717) is 6.54 Å². The standard InChI is InChI=1S/C25H28ClN3O2S/c1-3-28-18(2)25(31-24(28)30)11-15-27(16-12-25)13-6-14-29-20-7-4-5-8-22(20)32-23-10-9-19(26)17-21(23)29/h4-5,7-10,17H,2-3,6,11-16H2,1H3. The van der Waals surface area contributed by atoms with Gasteiger partial charge in [-0.3, -0.25) is 4.90 Å². The Bertz CT molecular complexity index is 1050. The molecule has 168 valence electrons. The summed E-state index contributed by atoms with van der Waals surface area (Å²) in [5, 5.41) is 0.766. The van der Waals surface area contributed by atoms with Crippen LogP contribution >= 0.6 is 23.4 Å². The highest BCUT2D eigenvalue weighted by Crippen LogP contribution is 2.48. The van der Waals surface area contributed by atoms with E-state index in [1.165, 1.54) is 21.2 Å². The Morgan fingerprint density at radius 1 is 1.06 bits per heavy atom. The normalized spacial score (nSPS) is 19.8. The number of likely N-dealkylation sites (N-methyl/N-ethyl adjacent to an activating group) is 1. The van der Waals surface area contributed by atoms with Crippen molar-refractivity contribution < 1.29 is 9.53 Å². The number of benzene rings is 2. The van der Waals surface area contributed by atoms with E-state index in [-0.39, 0.29) is 6.09 Å². The van der Waals surface area contributed by atoms with Gasteiger partial charge in [0.05, 0.1) is 17.1 Å². The number of carbonyl (C=O) groups excluding carboxylic acids is 1. The van der Waals surface area contributed by atoms with Crippen molar-refractivity contribution in [2.75, 3.05) is 37.6 Å². The van der Waals surface area contributed by atoms with Gasteiger partial charge < -0.3 is 14.5 Å². The van der Waals surface area contributed by atoms with Crippen LogP contribution in [0.25, 0.3) is 0 Å². The minimum absolute atomic E-state index is 0.245. The molecule has 0 bridgehead atoms. The zero-order valence-corrected chi connectivity index (χ0v) is 19.9. The second kappa shape index (κ2) is 8.65. The second-order valence-corrected chi connectivity index (χ2v) is 10.1. The van der Waals surface area contributed by atoms with Gasteiger partial charge in [-0.05, 0) is 50.2 Å². The third kappa shape index (κ3) is 3.78. The molecule has 0 radical (unpaired) electrons. The molecule has 3 aliphatic heterocycles. The molecular formula is C25H28ClN3O2S. The predicted molar refractivity (Wildman–Crippen MR) is 130 cm³/mol. The highest BCUT2D eigenvalue weighted by molar-refractivity contribution is 7.99. The fourth-order valence-corrected chi connectivity index (χ4v) is 6.22. The molecule has 0 unspecified atom stereocenters. The minimum Gasteiger partial charge on any atom is -0.436 e. The average molecular weight is 470 g/mol. The van der Waals surface area contributed by atoms with E-state index >= 15 is 0 Å². The molecule has 0 N–H and O–H groups in total. The fourth-order valence-electron chi connectivity index (χ4n) is 4.98. The molecule has 32 heavy (non-hydrogen) atoms. The van der Waals surface area contributed by atoms with Gasteiger partial charge in [0, 0.05) is 53.8 Å². The summed E-state index contributed by atoms with van der Waals surface area (Å²) in [5.41, 5.74) is 2.77. The number of anilines is 2. The zero-order valence-electron chi connectivity index (χ0n) is 18.3. The Hall–Kier alpha value is -2.15. The molecule has 1 amide bonds. The highest BCUT2D eigenvalue weighted by atomic mass is 35.5. The Kier molecular flexibility index (Phi) is 5.86. The van der Waals surface area contributed by atoms with E-state index in [2.05, 4.69) is 52.8 Å². The lowest BCUT2D eigenvalue weighted by molar-refractivity contribution is 0.0147. The van der Waals surface area contributed by atoms with E-state index in [4.69, 9.17) is 16.3 Å². The van der Waals surface area contributed by atoms with E-state index in [1.807, 2.05) is 13.0 Å². The summed E-state index contributed by atoms with van der Waals surface area (Å²) in [4.78, 5) is 21.2. The first kappa shape index (κ1) is 21.7. The van der Waals surface area contributed by atoms with Gasteiger partial charge in [0.25, 0.3) is 0 Å². The van der Waals surface area contributed by atoms with Crippen LogP contribution in [0.15, 0.2) is 64.5 Å². The van der Waals surface area contributed by atoms with Crippen LogP contribution in [0.3, 0.4) is 0 Å². The first-order valence-corrected chi connectivity index (χ1v) is 12.5. The molecule has 2 aromatic rings. The number of fused-ring (bicyclic) bond motifs is 2. The van der Waals surface area contributed by atoms with Gasteiger partial charge in [-0.15, -0.1) is 0 Å². The Balaban J connectivity index is 1.22. The zero-order chi connectivity index (χ0) is 22.3. The summed E-state index contributed by atoms with van der Waals surface area (Å²) in [6.45, 7) is 10.5. The first-order chi connectivity index (χ1) is 15.5. The van der Waals surface area contributed by atoms with Crippen LogP contribution in [-0.4, -0.2) is 54.2 Å². The molecular weight excluding hydrogens is 442 g/mol. The van der Waals surface area contributed by atoms with Crippen LogP contribution in [0.4, 0.5) is 16.2 Å². The van der Waals surface area contributed by atoms with Crippen molar-refractivity contribution >= 4 is 40.8 Å². The molecule has 0 aromatic heterocycles. The van der Waals surface area contributed by atoms with Crippen molar-refractivity contribution in [3.8, 4) is 0 Å². The van der Waals surface area contributed by atoms with Gasteiger partial charge in [-0.1, -0.05) is 42.1 Å². The largest absolute Gasteiger partial charge is 0.436 e. The predicted octanol–water partition coefficient (Wildman–Crippen LogP) is 6.15. The molecule has 5 rings (SSSR count). The topological polar surface area (TPSA) is 36.0 Å². The maximum Gasteiger partial charge on any atom is 0.415 e. The van der Waals surface area contributed by atoms with Gasteiger partial charge in [-0.2, -0.15) is 0 Å². The molecule has 2 aromatic carbocycles. The SMILES string of the molecule is C=C1N(CC)C(=O)OC12CCN(CCCN1c3ccccc3Sc3ccc(Cl)cc31)CC2. The van der Waals surface area contributed by atoms with Crippen molar-refractivity contribution in [1.29, 1.82) is 0 Å². The average Bonchev–Trinajstić information content (AvgIpc) is 3.03. The number of nitrogens with zero attached hydrogens (tertiary/aromatic N) is 3. The van der Waals surface area contributed by atoms with Gasteiger partial charge in [0.15, 0.2) is 5.60 Å². The monoisotopic (exact) mass is 469 g/mol. The minimum atomic E-state index is -0.498. The number of ether oxygens (including phenoxy) is 1. The Morgan fingerprint density at radius 2 is 1.81 bits per heavy atom. The third-order valence-electron chi connectivity index (χ3n) is 6.78. The molecule has 3 aliphatic rings. The van der Waals surface area contributed by atoms with Crippen LogP contribution in [0.1, 0.15) is 26.2 Å². The number of rotatable bonds is 5. The molecule has 0 saturated carbocycles. The number of carbonyl (C=O) groups is 1. The van der Waals surface area contributed by atoms with E-state index < -0.39 is 5.60 Å². The lowest BCUT2D eigenvalue weighted by atomic mass is 9.88. The molecule has 2 fully saturated rings. The molecule has 2 saturated heterocycles.